The van der Waals surface area contributed by atoms with Crippen molar-refractivity contribution in [3.63, 3.8) is 0 Å². The third-order valence-electron chi connectivity index (χ3n) is 3.21. The second-order valence-electron chi connectivity index (χ2n) is 4.65. The summed E-state index contributed by atoms with van der Waals surface area (Å²) in [5.41, 5.74) is 2.08. The van der Waals surface area contributed by atoms with Crippen LogP contribution in [0.3, 0.4) is 0 Å². The first-order valence-corrected chi connectivity index (χ1v) is 6.40. The Morgan fingerprint density at radius 3 is 2.60 bits per heavy atom. The first-order valence-electron chi connectivity index (χ1n) is 6.40. The van der Waals surface area contributed by atoms with Crippen molar-refractivity contribution in [3.8, 4) is 11.4 Å². The number of aryl methyl sites for hydroxylation is 1. The Balaban J connectivity index is 2.26. The molecule has 0 aliphatic rings. The van der Waals surface area contributed by atoms with Crippen LogP contribution in [0.5, 0.6) is 0 Å². The van der Waals surface area contributed by atoms with E-state index in [9.17, 15) is 4.39 Å². The number of fused-ring (bicyclic) bond motifs is 1. The smallest absolute Gasteiger partial charge is 0.165 e. The maximum absolute atomic E-state index is 14.1. The molecular formula is C16H14FN3. The van der Waals surface area contributed by atoms with Crippen molar-refractivity contribution in [1.82, 2.24) is 9.97 Å². The van der Waals surface area contributed by atoms with Crippen LogP contribution in [0, 0.1) is 12.7 Å². The lowest BCUT2D eigenvalue weighted by molar-refractivity contribution is 0.629. The van der Waals surface area contributed by atoms with Crippen LogP contribution in [-0.2, 0) is 0 Å². The van der Waals surface area contributed by atoms with Crippen LogP contribution in [0.1, 0.15) is 5.56 Å². The topological polar surface area (TPSA) is 37.8 Å². The standard InChI is InChI=1S/C16H14FN3/c1-10-7-8-11(13(17)9-10)16-19-14-6-4-3-5-12(14)15(18-2)20-16/h3-9H,1-2H3,(H,18,19,20). The van der Waals surface area contributed by atoms with E-state index >= 15 is 0 Å². The minimum Gasteiger partial charge on any atom is -0.373 e. The molecule has 2 aromatic carbocycles. The molecule has 0 radical (unpaired) electrons. The molecule has 4 heteroatoms. The SMILES string of the molecule is CNc1nc(-c2ccc(C)cc2F)nc2ccccc12. The molecule has 0 bridgehead atoms. The van der Waals surface area contributed by atoms with Gasteiger partial charge >= 0.3 is 0 Å². The minimum atomic E-state index is -0.303. The van der Waals surface area contributed by atoms with Gasteiger partial charge in [-0.3, -0.25) is 0 Å². The highest BCUT2D eigenvalue weighted by Gasteiger charge is 2.11. The number of halogens is 1. The number of hydrogen-bond acceptors (Lipinski definition) is 3. The van der Waals surface area contributed by atoms with Gasteiger partial charge in [-0.15, -0.1) is 0 Å². The maximum atomic E-state index is 14.1. The molecule has 0 saturated heterocycles. The van der Waals surface area contributed by atoms with Crippen molar-refractivity contribution in [2.24, 2.45) is 0 Å². The van der Waals surface area contributed by atoms with E-state index in [0.717, 1.165) is 16.5 Å². The van der Waals surface area contributed by atoms with E-state index in [1.165, 1.54) is 6.07 Å². The van der Waals surface area contributed by atoms with Gasteiger partial charge in [-0.25, -0.2) is 14.4 Å². The Kier molecular flexibility index (Phi) is 3.06. The molecule has 0 fully saturated rings. The number of anilines is 1. The fraction of sp³-hybridized carbons (Fsp3) is 0.125. The molecule has 20 heavy (non-hydrogen) atoms. The highest BCUT2D eigenvalue weighted by Crippen LogP contribution is 2.26. The summed E-state index contributed by atoms with van der Waals surface area (Å²) in [5.74, 6) is 0.790. The summed E-state index contributed by atoms with van der Waals surface area (Å²) in [7, 11) is 1.80. The molecule has 0 aliphatic heterocycles. The average molecular weight is 267 g/mol. The van der Waals surface area contributed by atoms with Gasteiger partial charge in [0.15, 0.2) is 5.82 Å². The lowest BCUT2D eigenvalue weighted by Crippen LogP contribution is -1.99. The molecular weight excluding hydrogens is 253 g/mol. The lowest BCUT2D eigenvalue weighted by Gasteiger charge is -2.09. The fourth-order valence-corrected chi connectivity index (χ4v) is 2.19. The summed E-state index contributed by atoms with van der Waals surface area (Å²) < 4.78 is 14.1. The van der Waals surface area contributed by atoms with Gasteiger partial charge in [0, 0.05) is 12.4 Å². The molecule has 100 valence electrons. The summed E-state index contributed by atoms with van der Waals surface area (Å²) in [6.07, 6.45) is 0. The zero-order valence-corrected chi connectivity index (χ0v) is 11.3. The van der Waals surface area contributed by atoms with Crippen LogP contribution in [0.2, 0.25) is 0 Å². The number of nitrogens with one attached hydrogen (secondary N) is 1. The maximum Gasteiger partial charge on any atom is 0.165 e. The second kappa shape index (κ2) is 4.89. The number of aromatic nitrogens is 2. The lowest BCUT2D eigenvalue weighted by atomic mass is 10.1. The van der Waals surface area contributed by atoms with Gasteiger partial charge in [-0.05, 0) is 36.8 Å². The van der Waals surface area contributed by atoms with Gasteiger partial charge in [-0.1, -0.05) is 18.2 Å². The van der Waals surface area contributed by atoms with Crippen molar-refractivity contribution in [1.29, 1.82) is 0 Å². The molecule has 0 spiro atoms. The van der Waals surface area contributed by atoms with Gasteiger partial charge in [0.1, 0.15) is 11.6 Å². The fourth-order valence-electron chi connectivity index (χ4n) is 2.19. The first-order chi connectivity index (χ1) is 9.69. The Bertz CT molecular complexity index is 784. The van der Waals surface area contributed by atoms with Crippen LogP contribution in [0.4, 0.5) is 10.2 Å². The quantitative estimate of drug-likeness (QED) is 0.767. The van der Waals surface area contributed by atoms with Crippen LogP contribution in [0.15, 0.2) is 42.5 Å². The minimum absolute atomic E-state index is 0.303. The van der Waals surface area contributed by atoms with E-state index in [1.807, 2.05) is 37.3 Å². The number of rotatable bonds is 2. The Labute approximate surface area is 116 Å². The monoisotopic (exact) mass is 267 g/mol. The van der Waals surface area contributed by atoms with E-state index in [2.05, 4.69) is 15.3 Å². The Hall–Kier alpha value is -2.49. The predicted molar refractivity (Wildman–Crippen MR) is 79.2 cm³/mol. The van der Waals surface area contributed by atoms with Crippen LogP contribution < -0.4 is 5.32 Å². The number of nitrogens with zero attached hydrogens (tertiary/aromatic N) is 2. The van der Waals surface area contributed by atoms with Gasteiger partial charge in [0.25, 0.3) is 0 Å². The zero-order valence-electron chi connectivity index (χ0n) is 11.3. The molecule has 0 atom stereocenters. The molecule has 0 aliphatic carbocycles. The molecule has 1 heterocycles. The number of hydrogen-bond donors (Lipinski definition) is 1. The summed E-state index contributed by atoms with van der Waals surface area (Å²) in [6.45, 7) is 1.85. The highest BCUT2D eigenvalue weighted by molar-refractivity contribution is 5.90. The van der Waals surface area contributed by atoms with Crippen molar-refractivity contribution in [2.75, 3.05) is 12.4 Å². The normalized spacial score (nSPS) is 10.8. The molecule has 0 saturated carbocycles. The molecule has 3 aromatic rings. The molecule has 3 rings (SSSR count). The highest BCUT2D eigenvalue weighted by atomic mass is 19.1. The summed E-state index contributed by atoms with van der Waals surface area (Å²) >= 11 is 0. The molecule has 1 N–H and O–H groups in total. The first kappa shape index (κ1) is 12.5. The third-order valence-corrected chi connectivity index (χ3v) is 3.21. The van der Waals surface area contributed by atoms with E-state index in [0.29, 0.717) is 17.2 Å². The van der Waals surface area contributed by atoms with Gasteiger partial charge in [0.2, 0.25) is 0 Å². The summed E-state index contributed by atoms with van der Waals surface area (Å²) in [4.78, 5) is 8.87. The Morgan fingerprint density at radius 2 is 1.85 bits per heavy atom. The Morgan fingerprint density at radius 1 is 1.05 bits per heavy atom. The van der Waals surface area contributed by atoms with Crippen LogP contribution in [-0.4, -0.2) is 17.0 Å². The molecule has 0 unspecified atom stereocenters. The van der Waals surface area contributed by atoms with Crippen molar-refractivity contribution >= 4 is 16.7 Å². The van der Waals surface area contributed by atoms with E-state index in [-0.39, 0.29) is 5.82 Å². The number of benzene rings is 2. The van der Waals surface area contributed by atoms with Gasteiger partial charge < -0.3 is 5.32 Å². The van der Waals surface area contributed by atoms with E-state index in [4.69, 9.17) is 0 Å². The molecule has 1 aromatic heterocycles. The predicted octanol–water partition coefficient (Wildman–Crippen LogP) is 3.79. The largest absolute Gasteiger partial charge is 0.373 e. The van der Waals surface area contributed by atoms with Crippen LogP contribution in [0.25, 0.3) is 22.3 Å². The van der Waals surface area contributed by atoms with Gasteiger partial charge in [0.05, 0.1) is 11.1 Å². The van der Waals surface area contributed by atoms with Crippen LogP contribution >= 0.6 is 0 Å². The summed E-state index contributed by atoms with van der Waals surface area (Å²) in [6, 6.07) is 12.7. The van der Waals surface area contributed by atoms with Crippen molar-refractivity contribution in [2.45, 2.75) is 6.92 Å². The zero-order chi connectivity index (χ0) is 14.1. The van der Waals surface area contributed by atoms with Gasteiger partial charge in [-0.2, -0.15) is 0 Å². The molecule has 0 amide bonds. The number of para-hydroxylation sites is 1. The average Bonchev–Trinajstić information content (AvgIpc) is 2.46. The van der Waals surface area contributed by atoms with E-state index < -0.39 is 0 Å². The van der Waals surface area contributed by atoms with Crippen molar-refractivity contribution in [3.05, 3.63) is 53.8 Å². The van der Waals surface area contributed by atoms with E-state index in [1.54, 1.807) is 13.1 Å². The summed E-state index contributed by atoms with van der Waals surface area (Å²) in [5, 5.41) is 3.96. The van der Waals surface area contributed by atoms with Crippen molar-refractivity contribution < 1.29 is 4.39 Å². The third kappa shape index (κ3) is 2.09. The molecule has 3 nitrogen and oxygen atoms in total. The second-order valence-corrected chi connectivity index (χ2v) is 4.65.